The zero-order chi connectivity index (χ0) is 18.9. The molecule has 138 valence electrons. The van der Waals surface area contributed by atoms with Gasteiger partial charge in [-0.15, -0.1) is 0 Å². The fourth-order valence-corrected chi connectivity index (χ4v) is 3.09. The minimum atomic E-state index is -0.688. The van der Waals surface area contributed by atoms with E-state index < -0.39 is 5.97 Å². The molecule has 0 unspecified atom stereocenters. The van der Waals surface area contributed by atoms with Gasteiger partial charge in [0.2, 0.25) is 0 Å². The number of piperidine rings is 1. The molecule has 1 aliphatic heterocycles. The number of azo groups is 1. The third-order valence-corrected chi connectivity index (χ3v) is 4.52. The number of carboxylic acid groups (broad SMARTS) is 1. The molecule has 0 radical (unpaired) electrons. The molecule has 5 heteroatoms. The van der Waals surface area contributed by atoms with Gasteiger partial charge in [0.1, 0.15) is 0 Å². The lowest BCUT2D eigenvalue weighted by molar-refractivity contribution is -0.143. The average Bonchev–Trinajstić information content (AvgIpc) is 2.71. The van der Waals surface area contributed by atoms with Gasteiger partial charge in [-0.25, -0.2) is 0 Å². The van der Waals surface area contributed by atoms with E-state index in [9.17, 15) is 4.79 Å². The van der Waals surface area contributed by atoms with Crippen molar-refractivity contribution in [1.29, 1.82) is 0 Å². The van der Waals surface area contributed by atoms with Gasteiger partial charge in [0.15, 0.2) is 0 Å². The number of hydrogen-bond donors (Lipinski definition) is 1. The molecule has 3 rings (SSSR count). The van der Waals surface area contributed by atoms with Crippen LogP contribution in [0.5, 0.6) is 0 Å². The first-order valence-corrected chi connectivity index (χ1v) is 9.21. The summed E-state index contributed by atoms with van der Waals surface area (Å²) in [5.41, 5.74) is 2.49. The quantitative estimate of drug-likeness (QED) is 0.623. The Morgan fingerprint density at radius 1 is 1.11 bits per heavy atom. The molecule has 0 saturated carbocycles. The molecular formula is C22H23N3O2. The predicted octanol–water partition coefficient (Wildman–Crippen LogP) is 4.64. The lowest BCUT2D eigenvalue weighted by Crippen LogP contribution is -2.39. The van der Waals surface area contributed by atoms with Gasteiger partial charge in [-0.05, 0) is 49.7 Å². The van der Waals surface area contributed by atoms with Crippen LogP contribution in [-0.4, -0.2) is 35.6 Å². The Kier molecular flexibility index (Phi) is 6.72. The Morgan fingerprint density at radius 3 is 2.70 bits per heavy atom. The Balaban J connectivity index is 1.53. The van der Waals surface area contributed by atoms with Crippen LogP contribution in [0.3, 0.4) is 0 Å². The third kappa shape index (κ3) is 6.05. The number of hydrogen-bond acceptors (Lipinski definition) is 4. The molecule has 1 saturated heterocycles. The predicted molar refractivity (Wildman–Crippen MR) is 105 cm³/mol. The van der Waals surface area contributed by atoms with Crippen LogP contribution in [0.15, 0.2) is 64.8 Å². The second-order valence-corrected chi connectivity index (χ2v) is 6.62. The third-order valence-electron chi connectivity index (χ3n) is 4.52. The summed E-state index contributed by atoms with van der Waals surface area (Å²) in [5, 5.41) is 17.6. The Labute approximate surface area is 159 Å². The number of likely N-dealkylation sites (tertiary alicyclic amines) is 1. The number of carboxylic acids is 1. The summed E-state index contributed by atoms with van der Waals surface area (Å²) in [5.74, 6) is 5.42. The number of nitrogens with zero attached hydrogens (tertiary/aromatic N) is 3. The maximum absolute atomic E-state index is 11.1. The van der Waals surface area contributed by atoms with Crippen LogP contribution >= 0.6 is 0 Å². The van der Waals surface area contributed by atoms with E-state index in [2.05, 4.69) is 27.0 Å². The second-order valence-electron chi connectivity index (χ2n) is 6.62. The van der Waals surface area contributed by atoms with Gasteiger partial charge in [-0.3, -0.25) is 4.79 Å². The van der Waals surface area contributed by atoms with Crippen LogP contribution < -0.4 is 0 Å². The summed E-state index contributed by atoms with van der Waals surface area (Å²) < 4.78 is 0. The van der Waals surface area contributed by atoms with Gasteiger partial charge < -0.3 is 10.0 Å². The van der Waals surface area contributed by atoms with Gasteiger partial charge in [0.05, 0.1) is 17.3 Å². The summed E-state index contributed by atoms with van der Waals surface area (Å²) in [6.45, 7) is 2.40. The normalized spacial score (nSPS) is 17.4. The largest absolute Gasteiger partial charge is 0.481 e. The van der Waals surface area contributed by atoms with Crippen molar-refractivity contribution in [1.82, 2.24) is 4.90 Å². The van der Waals surface area contributed by atoms with Crippen LogP contribution in [-0.2, 0) is 4.79 Å². The van der Waals surface area contributed by atoms with E-state index in [-0.39, 0.29) is 5.92 Å². The summed E-state index contributed by atoms with van der Waals surface area (Å²) in [7, 11) is 0. The maximum Gasteiger partial charge on any atom is 0.307 e. The molecule has 0 aliphatic carbocycles. The number of carbonyl (C=O) groups is 1. The van der Waals surface area contributed by atoms with Gasteiger partial charge >= 0.3 is 5.97 Å². The van der Waals surface area contributed by atoms with Crippen LogP contribution in [0.1, 0.15) is 24.8 Å². The van der Waals surface area contributed by atoms with Gasteiger partial charge in [-0.1, -0.05) is 36.1 Å². The SMILES string of the molecule is O=C(O)[C@@H]1CCCN(CCC#Cc2cccc(N=Nc3ccccc3)c2)C1. The topological polar surface area (TPSA) is 65.3 Å². The number of benzene rings is 2. The monoisotopic (exact) mass is 361 g/mol. The van der Waals surface area contributed by atoms with Gasteiger partial charge in [-0.2, -0.15) is 10.2 Å². The van der Waals surface area contributed by atoms with Crippen molar-refractivity contribution in [3.63, 3.8) is 0 Å². The second kappa shape index (κ2) is 9.65. The highest BCUT2D eigenvalue weighted by molar-refractivity contribution is 5.70. The first kappa shape index (κ1) is 18.8. The molecule has 1 fully saturated rings. The van der Waals surface area contributed by atoms with Crippen molar-refractivity contribution in [2.24, 2.45) is 16.1 Å². The lowest BCUT2D eigenvalue weighted by Gasteiger charge is -2.29. The van der Waals surface area contributed by atoms with Crippen LogP contribution in [0, 0.1) is 17.8 Å². The molecule has 2 aromatic carbocycles. The molecule has 0 spiro atoms. The maximum atomic E-state index is 11.1. The summed E-state index contributed by atoms with van der Waals surface area (Å²) in [6, 6.07) is 17.3. The van der Waals surface area contributed by atoms with E-state index in [1.54, 1.807) is 0 Å². The van der Waals surface area contributed by atoms with Crippen molar-refractivity contribution in [3.05, 3.63) is 60.2 Å². The minimum Gasteiger partial charge on any atom is -0.481 e. The first-order valence-electron chi connectivity index (χ1n) is 9.21. The molecule has 1 atom stereocenters. The Hall–Kier alpha value is -2.97. The molecule has 0 bridgehead atoms. The zero-order valence-corrected chi connectivity index (χ0v) is 15.2. The minimum absolute atomic E-state index is 0.238. The number of aliphatic carboxylic acids is 1. The van der Waals surface area contributed by atoms with Gasteiger partial charge in [0, 0.05) is 25.1 Å². The standard InChI is InChI=1S/C22H23N3O2/c26-22(27)19-10-7-15-25(17-19)14-5-4-8-18-9-6-13-21(16-18)24-23-20-11-2-1-3-12-20/h1-3,6,9,11-13,16,19H,5,7,10,14-15,17H2,(H,26,27)/t19-/m1/s1. The number of rotatable bonds is 5. The fraction of sp³-hybridized carbons (Fsp3) is 0.318. The summed E-state index contributed by atoms with van der Waals surface area (Å²) in [4.78, 5) is 13.3. The highest BCUT2D eigenvalue weighted by Gasteiger charge is 2.24. The van der Waals surface area contributed by atoms with Crippen molar-refractivity contribution in [2.75, 3.05) is 19.6 Å². The zero-order valence-electron chi connectivity index (χ0n) is 15.2. The fourth-order valence-electron chi connectivity index (χ4n) is 3.09. The highest BCUT2D eigenvalue weighted by Crippen LogP contribution is 2.19. The average molecular weight is 361 g/mol. The highest BCUT2D eigenvalue weighted by atomic mass is 16.4. The van der Waals surface area contributed by atoms with Crippen LogP contribution in [0.4, 0.5) is 11.4 Å². The Morgan fingerprint density at radius 2 is 1.89 bits per heavy atom. The molecule has 0 aromatic heterocycles. The molecular weight excluding hydrogens is 338 g/mol. The van der Waals surface area contributed by atoms with Crippen molar-refractivity contribution >= 4 is 17.3 Å². The molecule has 0 amide bonds. The van der Waals surface area contributed by atoms with Crippen molar-refractivity contribution in [3.8, 4) is 11.8 Å². The first-order chi connectivity index (χ1) is 13.2. The molecule has 1 N–H and O–H groups in total. The van der Waals surface area contributed by atoms with Crippen molar-refractivity contribution < 1.29 is 9.90 Å². The summed E-state index contributed by atoms with van der Waals surface area (Å²) in [6.07, 6.45) is 2.45. The molecule has 5 nitrogen and oxygen atoms in total. The van der Waals surface area contributed by atoms with E-state index >= 15 is 0 Å². The smallest absolute Gasteiger partial charge is 0.307 e. The molecule has 2 aromatic rings. The molecule has 1 aliphatic rings. The van der Waals surface area contributed by atoms with Crippen LogP contribution in [0.25, 0.3) is 0 Å². The van der Waals surface area contributed by atoms with E-state index in [1.807, 2.05) is 54.6 Å². The molecule has 1 heterocycles. The van der Waals surface area contributed by atoms with E-state index in [0.717, 1.165) is 49.3 Å². The van der Waals surface area contributed by atoms with E-state index in [1.165, 1.54) is 0 Å². The van der Waals surface area contributed by atoms with Crippen molar-refractivity contribution in [2.45, 2.75) is 19.3 Å². The molecule has 27 heavy (non-hydrogen) atoms. The van der Waals surface area contributed by atoms with Gasteiger partial charge in [0.25, 0.3) is 0 Å². The lowest BCUT2D eigenvalue weighted by atomic mass is 9.98. The Bertz CT molecular complexity index is 853. The van der Waals surface area contributed by atoms with Crippen LogP contribution in [0.2, 0.25) is 0 Å². The summed E-state index contributed by atoms with van der Waals surface area (Å²) >= 11 is 0. The van der Waals surface area contributed by atoms with E-state index in [4.69, 9.17) is 5.11 Å². The van der Waals surface area contributed by atoms with E-state index in [0.29, 0.717) is 6.54 Å².